The molecule has 0 spiro atoms. The Balaban J connectivity index is 3.38. The molecule has 0 saturated heterocycles. The molecule has 1 aromatic rings. The summed E-state index contributed by atoms with van der Waals surface area (Å²) in [6, 6.07) is 2.47. The van der Waals surface area contributed by atoms with Crippen LogP contribution in [-0.2, 0) is 14.8 Å². The number of carboxylic acids is 1. The topological polar surface area (TPSA) is 127 Å². The van der Waals surface area contributed by atoms with Crippen LogP contribution in [0.2, 0.25) is 0 Å². The Hall–Kier alpha value is -2.00. The maximum atomic E-state index is 12.3. The lowest BCUT2D eigenvalue weighted by Crippen LogP contribution is -2.44. The molecule has 9 heteroatoms. The number of aliphatic carboxylic acids is 1. The fourth-order valence-electron chi connectivity index (χ4n) is 1.83. The first-order valence-corrected chi connectivity index (χ1v) is 7.55. The quantitative estimate of drug-likeness (QED) is 0.601. The Morgan fingerprint density at radius 1 is 1.38 bits per heavy atom. The van der Waals surface area contributed by atoms with Gasteiger partial charge in [-0.2, -0.15) is 4.72 Å². The van der Waals surface area contributed by atoms with Crippen molar-refractivity contribution in [2.75, 3.05) is 0 Å². The van der Waals surface area contributed by atoms with Crippen molar-refractivity contribution >= 4 is 21.7 Å². The molecule has 0 unspecified atom stereocenters. The zero-order valence-electron chi connectivity index (χ0n) is 11.7. The Kier molecular flexibility index (Phi) is 5.02. The van der Waals surface area contributed by atoms with Crippen molar-refractivity contribution in [2.45, 2.75) is 31.7 Å². The van der Waals surface area contributed by atoms with Crippen molar-refractivity contribution in [1.29, 1.82) is 0 Å². The number of sulfonamides is 1. The predicted octanol–water partition coefficient (Wildman–Crippen LogP) is 1.29. The van der Waals surface area contributed by atoms with Crippen molar-refractivity contribution in [3.63, 3.8) is 0 Å². The van der Waals surface area contributed by atoms with Gasteiger partial charge in [0.25, 0.3) is 5.69 Å². The number of carbonyl (C=O) groups is 1. The second-order valence-corrected chi connectivity index (χ2v) is 6.51. The molecule has 1 atom stereocenters. The van der Waals surface area contributed by atoms with Crippen LogP contribution in [0.4, 0.5) is 5.69 Å². The van der Waals surface area contributed by atoms with Gasteiger partial charge in [0.15, 0.2) is 4.90 Å². The number of aryl methyl sites for hydroxylation is 1. The monoisotopic (exact) mass is 316 g/mol. The number of nitro groups is 1. The number of hydrogen-bond acceptors (Lipinski definition) is 5. The largest absolute Gasteiger partial charge is 0.480 e. The van der Waals surface area contributed by atoms with Crippen LogP contribution >= 0.6 is 0 Å². The van der Waals surface area contributed by atoms with Crippen molar-refractivity contribution in [3.8, 4) is 0 Å². The van der Waals surface area contributed by atoms with Crippen LogP contribution in [0.5, 0.6) is 0 Å². The number of hydrogen-bond donors (Lipinski definition) is 2. The second kappa shape index (κ2) is 6.19. The third kappa shape index (κ3) is 3.76. The fourth-order valence-corrected chi connectivity index (χ4v) is 3.56. The molecular formula is C12H16N2O6S. The molecule has 0 amide bonds. The molecule has 1 rings (SSSR count). The summed E-state index contributed by atoms with van der Waals surface area (Å²) in [4.78, 5) is 20.7. The van der Waals surface area contributed by atoms with Gasteiger partial charge >= 0.3 is 5.97 Å². The first kappa shape index (κ1) is 17.1. The van der Waals surface area contributed by atoms with E-state index >= 15 is 0 Å². The van der Waals surface area contributed by atoms with Crippen molar-refractivity contribution < 1.29 is 23.2 Å². The SMILES string of the molecule is Cc1cccc([N+](=O)[O-])c1S(=O)(=O)N[C@H](C(=O)O)C(C)C. The maximum absolute atomic E-state index is 12.3. The van der Waals surface area contributed by atoms with Gasteiger partial charge in [0.05, 0.1) is 4.92 Å². The van der Waals surface area contributed by atoms with E-state index in [0.29, 0.717) is 0 Å². The summed E-state index contributed by atoms with van der Waals surface area (Å²) in [5.41, 5.74) is -0.417. The molecular weight excluding hydrogens is 300 g/mol. The maximum Gasteiger partial charge on any atom is 0.322 e. The number of benzene rings is 1. The van der Waals surface area contributed by atoms with Gasteiger partial charge in [-0.05, 0) is 18.4 Å². The van der Waals surface area contributed by atoms with Crippen LogP contribution in [0, 0.1) is 23.0 Å². The Morgan fingerprint density at radius 2 is 1.95 bits per heavy atom. The highest BCUT2D eigenvalue weighted by Gasteiger charge is 2.33. The fraction of sp³-hybridized carbons (Fsp3) is 0.417. The third-order valence-corrected chi connectivity index (χ3v) is 4.50. The first-order chi connectivity index (χ1) is 9.58. The lowest BCUT2D eigenvalue weighted by molar-refractivity contribution is -0.387. The van der Waals surface area contributed by atoms with Gasteiger partial charge in [0, 0.05) is 6.07 Å². The van der Waals surface area contributed by atoms with Gasteiger partial charge in [-0.1, -0.05) is 26.0 Å². The minimum Gasteiger partial charge on any atom is -0.480 e. The van der Waals surface area contributed by atoms with E-state index < -0.39 is 43.5 Å². The first-order valence-electron chi connectivity index (χ1n) is 6.07. The molecule has 0 aliphatic carbocycles. The standard InChI is InChI=1S/C12H16N2O6S/c1-7(2)10(12(15)16)13-21(19,20)11-8(3)5-4-6-9(11)14(17)18/h4-7,10,13H,1-3H3,(H,15,16)/t10-/m0/s1. The van der Waals surface area contributed by atoms with E-state index in [9.17, 15) is 23.3 Å². The van der Waals surface area contributed by atoms with Gasteiger partial charge < -0.3 is 5.11 Å². The van der Waals surface area contributed by atoms with Crippen LogP contribution in [0.3, 0.4) is 0 Å². The molecule has 0 saturated carbocycles. The smallest absolute Gasteiger partial charge is 0.322 e. The van der Waals surface area contributed by atoms with E-state index in [1.165, 1.54) is 32.9 Å². The van der Waals surface area contributed by atoms with Crippen molar-refractivity contribution in [1.82, 2.24) is 4.72 Å². The zero-order chi connectivity index (χ0) is 16.4. The van der Waals surface area contributed by atoms with E-state index in [2.05, 4.69) is 0 Å². The second-order valence-electron chi connectivity index (χ2n) is 4.86. The minimum absolute atomic E-state index is 0.171. The summed E-state index contributed by atoms with van der Waals surface area (Å²) in [7, 11) is -4.33. The Labute approximate surface area is 122 Å². The van der Waals surface area contributed by atoms with Crippen LogP contribution < -0.4 is 4.72 Å². The summed E-state index contributed by atoms with van der Waals surface area (Å²) in [5, 5.41) is 20.0. The third-order valence-electron chi connectivity index (χ3n) is 2.87. The molecule has 0 fully saturated rings. The molecule has 8 nitrogen and oxygen atoms in total. The molecule has 0 aliphatic heterocycles. The van der Waals surface area contributed by atoms with E-state index in [-0.39, 0.29) is 5.56 Å². The highest BCUT2D eigenvalue weighted by atomic mass is 32.2. The molecule has 2 N–H and O–H groups in total. The molecule has 21 heavy (non-hydrogen) atoms. The average molecular weight is 316 g/mol. The van der Waals surface area contributed by atoms with Crippen LogP contribution in [-0.4, -0.2) is 30.5 Å². The van der Waals surface area contributed by atoms with E-state index in [1.54, 1.807) is 0 Å². The molecule has 0 bridgehead atoms. The lowest BCUT2D eigenvalue weighted by Gasteiger charge is -2.18. The molecule has 0 aliphatic rings. The van der Waals surface area contributed by atoms with Crippen LogP contribution in [0.25, 0.3) is 0 Å². The van der Waals surface area contributed by atoms with E-state index in [1.807, 2.05) is 4.72 Å². The summed E-state index contributed by atoms with van der Waals surface area (Å²) in [5.74, 6) is -1.86. The van der Waals surface area contributed by atoms with Gasteiger partial charge in [-0.25, -0.2) is 8.42 Å². The van der Waals surface area contributed by atoms with E-state index in [0.717, 1.165) is 6.07 Å². The number of carboxylic acid groups (broad SMARTS) is 1. The zero-order valence-corrected chi connectivity index (χ0v) is 12.5. The van der Waals surface area contributed by atoms with Crippen LogP contribution in [0.1, 0.15) is 19.4 Å². The molecule has 1 aromatic carbocycles. The van der Waals surface area contributed by atoms with E-state index in [4.69, 9.17) is 5.11 Å². The van der Waals surface area contributed by atoms with Gasteiger partial charge in [-0.3, -0.25) is 14.9 Å². The highest BCUT2D eigenvalue weighted by Crippen LogP contribution is 2.27. The molecule has 0 heterocycles. The predicted molar refractivity (Wildman–Crippen MR) is 74.4 cm³/mol. The Morgan fingerprint density at radius 3 is 2.38 bits per heavy atom. The normalized spacial score (nSPS) is 13.1. The number of nitro benzene ring substituents is 1. The number of nitrogens with zero attached hydrogens (tertiary/aromatic N) is 1. The van der Waals surface area contributed by atoms with Gasteiger partial charge in [0.1, 0.15) is 6.04 Å². The summed E-state index contributed by atoms with van der Waals surface area (Å²) < 4.78 is 26.7. The summed E-state index contributed by atoms with van der Waals surface area (Å²) in [6.07, 6.45) is 0. The molecule has 0 radical (unpaired) electrons. The summed E-state index contributed by atoms with van der Waals surface area (Å²) >= 11 is 0. The van der Waals surface area contributed by atoms with Crippen molar-refractivity contribution in [2.24, 2.45) is 5.92 Å². The Bertz CT molecular complexity index is 668. The lowest BCUT2D eigenvalue weighted by atomic mass is 10.1. The van der Waals surface area contributed by atoms with Gasteiger partial charge in [-0.15, -0.1) is 0 Å². The number of rotatable bonds is 6. The van der Waals surface area contributed by atoms with Gasteiger partial charge in [0.2, 0.25) is 10.0 Å². The summed E-state index contributed by atoms with van der Waals surface area (Å²) in [6.45, 7) is 4.48. The molecule has 116 valence electrons. The van der Waals surface area contributed by atoms with Crippen molar-refractivity contribution in [3.05, 3.63) is 33.9 Å². The molecule has 0 aromatic heterocycles. The highest BCUT2D eigenvalue weighted by molar-refractivity contribution is 7.89. The number of nitrogens with one attached hydrogen (secondary N) is 1. The van der Waals surface area contributed by atoms with Crippen LogP contribution in [0.15, 0.2) is 23.1 Å². The minimum atomic E-state index is -4.33. The average Bonchev–Trinajstić information content (AvgIpc) is 2.34.